The summed E-state index contributed by atoms with van der Waals surface area (Å²) in [5.74, 6) is 0.609. The summed E-state index contributed by atoms with van der Waals surface area (Å²) in [7, 11) is 0. The lowest BCUT2D eigenvalue weighted by atomic mass is 10.0. The van der Waals surface area contributed by atoms with Crippen LogP contribution in [-0.2, 0) is 0 Å². The van der Waals surface area contributed by atoms with Crippen molar-refractivity contribution in [2.75, 3.05) is 0 Å². The largest absolute Gasteiger partial charge is 0.125 e. The molecule has 0 aromatic carbocycles. The van der Waals surface area contributed by atoms with Gasteiger partial charge in [0.25, 0.3) is 0 Å². The molecule has 62 valence electrons. The lowest BCUT2D eigenvalue weighted by Crippen LogP contribution is -1.88. The van der Waals surface area contributed by atoms with E-state index in [9.17, 15) is 0 Å². The van der Waals surface area contributed by atoms with E-state index in [1.807, 2.05) is 6.08 Å². The Balaban J connectivity index is 4.21. The Kier molecular flexibility index (Phi) is 5.60. The molecule has 0 atom stereocenters. The van der Waals surface area contributed by atoms with Crippen molar-refractivity contribution in [3.05, 3.63) is 29.5 Å². The van der Waals surface area contributed by atoms with Crippen molar-refractivity contribution in [1.82, 2.24) is 0 Å². The lowest BCUT2D eigenvalue weighted by Gasteiger charge is -2.02. The van der Waals surface area contributed by atoms with Crippen LogP contribution in [0.3, 0.4) is 0 Å². The van der Waals surface area contributed by atoms with Gasteiger partial charge in [-0.2, -0.15) is 0 Å². The third-order valence-electron chi connectivity index (χ3n) is 1.57. The van der Waals surface area contributed by atoms with Gasteiger partial charge < -0.3 is 0 Å². The van der Waals surface area contributed by atoms with E-state index in [2.05, 4.69) is 45.6 Å². The Bertz CT molecular complexity index is 176. The third kappa shape index (κ3) is 4.64. The SMILES string of the molecule is C/C=C(\C=C=CCC)C(C)C. The molecule has 0 bridgehead atoms. The van der Waals surface area contributed by atoms with Crippen LogP contribution in [0.25, 0.3) is 0 Å². The van der Waals surface area contributed by atoms with Gasteiger partial charge in [-0.05, 0) is 37.0 Å². The zero-order valence-corrected chi connectivity index (χ0v) is 8.02. The summed E-state index contributed by atoms with van der Waals surface area (Å²) >= 11 is 0. The number of allylic oxidation sites excluding steroid dienone is 3. The van der Waals surface area contributed by atoms with Crippen molar-refractivity contribution in [2.24, 2.45) is 5.92 Å². The van der Waals surface area contributed by atoms with Crippen molar-refractivity contribution >= 4 is 0 Å². The van der Waals surface area contributed by atoms with Gasteiger partial charge in [-0.1, -0.05) is 26.8 Å². The van der Waals surface area contributed by atoms with E-state index in [1.165, 1.54) is 5.57 Å². The van der Waals surface area contributed by atoms with E-state index in [1.54, 1.807) is 0 Å². The highest BCUT2D eigenvalue weighted by Crippen LogP contribution is 2.09. The van der Waals surface area contributed by atoms with Gasteiger partial charge in [0.2, 0.25) is 0 Å². The van der Waals surface area contributed by atoms with E-state index in [4.69, 9.17) is 0 Å². The van der Waals surface area contributed by atoms with Crippen LogP contribution in [0.15, 0.2) is 29.5 Å². The van der Waals surface area contributed by atoms with E-state index in [0.717, 1.165) is 6.42 Å². The van der Waals surface area contributed by atoms with Gasteiger partial charge in [0.1, 0.15) is 0 Å². The van der Waals surface area contributed by atoms with Gasteiger partial charge in [0.05, 0.1) is 0 Å². The molecular formula is C11H18. The van der Waals surface area contributed by atoms with E-state index in [0.29, 0.717) is 5.92 Å². The molecule has 11 heavy (non-hydrogen) atoms. The first-order valence-corrected chi connectivity index (χ1v) is 4.29. The average Bonchev–Trinajstić information content (AvgIpc) is 1.97. The molecule has 0 aliphatic carbocycles. The van der Waals surface area contributed by atoms with E-state index < -0.39 is 0 Å². The zero-order valence-electron chi connectivity index (χ0n) is 8.02. The Labute approximate surface area is 70.3 Å². The maximum Gasteiger partial charge on any atom is -0.0172 e. The fraction of sp³-hybridized carbons (Fsp3) is 0.545. The molecule has 0 radical (unpaired) electrons. The highest BCUT2D eigenvalue weighted by molar-refractivity contribution is 5.19. The number of hydrogen-bond donors (Lipinski definition) is 0. The van der Waals surface area contributed by atoms with Gasteiger partial charge >= 0.3 is 0 Å². The third-order valence-corrected chi connectivity index (χ3v) is 1.57. The Morgan fingerprint density at radius 1 is 1.45 bits per heavy atom. The van der Waals surface area contributed by atoms with Crippen molar-refractivity contribution in [1.29, 1.82) is 0 Å². The average molecular weight is 150 g/mol. The minimum absolute atomic E-state index is 0.609. The Hall–Kier alpha value is -0.740. The predicted molar refractivity (Wildman–Crippen MR) is 51.5 cm³/mol. The summed E-state index contributed by atoms with van der Waals surface area (Å²) in [6, 6.07) is 0. The van der Waals surface area contributed by atoms with Gasteiger partial charge in [0.15, 0.2) is 0 Å². The second-order valence-corrected chi connectivity index (χ2v) is 2.87. The van der Waals surface area contributed by atoms with Crippen LogP contribution >= 0.6 is 0 Å². The highest BCUT2D eigenvalue weighted by Gasteiger charge is 1.94. The topological polar surface area (TPSA) is 0 Å². The summed E-state index contributed by atoms with van der Waals surface area (Å²) in [5, 5.41) is 0. The highest BCUT2D eigenvalue weighted by atomic mass is 14.0. The molecule has 0 rings (SSSR count). The van der Waals surface area contributed by atoms with Crippen molar-refractivity contribution in [3.8, 4) is 0 Å². The second-order valence-electron chi connectivity index (χ2n) is 2.87. The molecule has 0 unspecified atom stereocenters. The van der Waals surface area contributed by atoms with Gasteiger partial charge in [0, 0.05) is 0 Å². The normalized spacial score (nSPS) is 11.2. The minimum Gasteiger partial charge on any atom is -0.125 e. The first kappa shape index (κ1) is 10.3. The minimum atomic E-state index is 0.609. The molecule has 0 heterocycles. The fourth-order valence-corrected chi connectivity index (χ4v) is 0.856. The molecule has 0 heteroatoms. The van der Waals surface area contributed by atoms with Crippen molar-refractivity contribution in [3.63, 3.8) is 0 Å². The van der Waals surface area contributed by atoms with Crippen molar-refractivity contribution < 1.29 is 0 Å². The number of hydrogen-bond acceptors (Lipinski definition) is 0. The fourth-order valence-electron chi connectivity index (χ4n) is 0.856. The molecule has 0 saturated heterocycles. The monoisotopic (exact) mass is 150 g/mol. The predicted octanol–water partition coefficient (Wildman–Crippen LogP) is 3.71. The summed E-state index contributed by atoms with van der Waals surface area (Å²) in [5.41, 5.74) is 4.51. The number of rotatable bonds is 3. The maximum atomic E-state index is 3.15. The van der Waals surface area contributed by atoms with Crippen LogP contribution in [0, 0.1) is 5.92 Å². The Morgan fingerprint density at radius 3 is 2.45 bits per heavy atom. The second kappa shape index (κ2) is 6.00. The molecule has 0 fully saturated rings. The first-order valence-electron chi connectivity index (χ1n) is 4.29. The maximum absolute atomic E-state index is 3.15. The standard InChI is InChI=1S/C11H18/c1-5-7-8-9-11(6-2)10(3)4/h6-7,9-10H,5H2,1-4H3/b11-6+. The smallest absolute Gasteiger partial charge is 0.0172 e. The van der Waals surface area contributed by atoms with Gasteiger partial charge in [-0.15, -0.1) is 5.73 Å². The summed E-state index contributed by atoms with van der Waals surface area (Å²) in [6.45, 7) is 8.57. The van der Waals surface area contributed by atoms with E-state index in [-0.39, 0.29) is 0 Å². The lowest BCUT2D eigenvalue weighted by molar-refractivity contribution is 0.790. The molecule has 0 aromatic rings. The quantitative estimate of drug-likeness (QED) is 0.425. The van der Waals surface area contributed by atoms with Crippen LogP contribution in [0.1, 0.15) is 34.1 Å². The molecule has 0 saturated carbocycles. The first-order chi connectivity index (χ1) is 5.22. The van der Waals surface area contributed by atoms with Gasteiger partial charge in [-0.25, -0.2) is 0 Å². The Morgan fingerprint density at radius 2 is 2.09 bits per heavy atom. The molecule has 0 aliphatic rings. The molecule has 0 aliphatic heterocycles. The van der Waals surface area contributed by atoms with Crippen molar-refractivity contribution in [2.45, 2.75) is 34.1 Å². The van der Waals surface area contributed by atoms with E-state index >= 15 is 0 Å². The molecule has 0 amide bonds. The van der Waals surface area contributed by atoms with Gasteiger partial charge in [-0.3, -0.25) is 0 Å². The molecule has 0 nitrogen and oxygen atoms in total. The van der Waals surface area contributed by atoms with Crippen LogP contribution in [-0.4, -0.2) is 0 Å². The van der Waals surface area contributed by atoms with Crippen LogP contribution in [0.4, 0.5) is 0 Å². The van der Waals surface area contributed by atoms with Crippen LogP contribution < -0.4 is 0 Å². The molecular weight excluding hydrogens is 132 g/mol. The molecule has 0 spiro atoms. The summed E-state index contributed by atoms with van der Waals surface area (Å²) < 4.78 is 0. The zero-order chi connectivity index (χ0) is 8.69. The summed E-state index contributed by atoms with van der Waals surface area (Å²) in [4.78, 5) is 0. The van der Waals surface area contributed by atoms with Crippen LogP contribution in [0.2, 0.25) is 0 Å². The molecule has 0 N–H and O–H groups in total. The van der Waals surface area contributed by atoms with Crippen LogP contribution in [0.5, 0.6) is 0 Å². The molecule has 0 aromatic heterocycles. The summed E-state index contributed by atoms with van der Waals surface area (Å²) in [6.07, 6.45) is 7.31.